The van der Waals surface area contributed by atoms with Gasteiger partial charge in [0.1, 0.15) is 5.75 Å². The van der Waals surface area contributed by atoms with Crippen LogP contribution in [0.3, 0.4) is 0 Å². The molecule has 0 spiro atoms. The number of rotatable bonds is 7. The summed E-state index contributed by atoms with van der Waals surface area (Å²) >= 11 is 11.9. The zero-order chi connectivity index (χ0) is 19.8. The fraction of sp³-hybridized carbons (Fsp3) is 0.211. The van der Waals surface area contributed by atoms with Gasteiger partial charge in [-0.25, -0.2) is 5.43 Å². The number of amides is 2. The molecule has 0 saturated heterocycles. The van der Waals surface area contributed by atoms with Crippen molar-refractivity contribution in [2.45, 2.75) is 20.3 Å². The Bertz CT molecular complexity index is 869. The normalized spacial score (nSPS) is 11.0. The molecule has 2 N–H and O–H groups in total. The van der Waals surface area contributed by atoms with Gasteiger partial charge in [0.15, 0.2) is 6.61 Å². The lowest BCUT2D eigenvalue weighted by Gasteiger charge is -2.09. The van der Waals surface area contributed by atoms with Crippen LogP contribution >= 0.6 is 23.2 Å². The summed E-state index contributed by atoms with van der Waals surface area (Å²) in [7, 11) is 0. The van der Waals surface area contributed by atoms with Crippen molar-refractivity contribution < 1.29 is 14.3 Å². The van der Waals surface area contributed by atoms with Crippen LogP contribution in [0, 0.1) is 6.92 Å². The Morgan fingerprint density at radius 3 is 2.59 bits per heavy atom. The number of hydrogen-bond donors (Lipinski definition) is 2. The Kier molecular flexibility index (Phi) is 7.64. The molecule has 0 aliphatic carbocycles. The molecule has 0 atom stereocenters. The SMILES string of the molecule is C/C(CC(=O)Nc1cc(Cl)ccc1Cl)=N/NC(=O)COc1ccccc1C. The summed E-state index contributed by atoms with van der Waals surface area (Å²) in [6, 6.07) is 12.2. The highest BCUT2D eigenvalue weighted by Gasteiger charge is 2.09. The number of benzene rings is 2. The fourth-order valence-corrected chi connectivity index (χ4v) is 2.45. The molecule has 0 aliphatic heterocycles. The second kappa shape index (κ2) is 9.94. The lowest BCUT2D eigenvalue weighted by molar-refractivity contribution is -0.123. The number of carbonyl (C=O) groups excluding carboxylic acids is 2. The number of hydrazone groups is 1. The molecule has 0 fully saturated rings. The smallest absolute Gasteiger partial charge is 0.277 e. The molecular formula is C19H19Cl2N3O3. The van der Waals surface area contributed by atoms with E-state index >= 15 is 0 Å². The van der Waals surface area contributed by atoms with Crippen molar-refractivity contribution in [3.63, 3.8) is 0 Å². The van der Waals surface area contributed by atoms with Crippen LogP contribution < -0.4 is 15.5 Å². The van der Waals surface area contributed by atoms with E-state index in [0.717, 1.165) is 5.56 Å². The van der Waals surface area contributed by atoms with Gasteiger partial charge in [-0.3, -0.25) is 9.59 Å². The van der Waals surface area contributed by atoms with Gasteiger partial charge in [-0.1, -0.05) is 41.4 Å². The molecule has 0 aromatic heterocycles. The average Bonchev–Trinajstić information content (AvgIpc) is 2.62. The molecule has 2 rings (SSSR count). The van der Waals surface area contributed by atoms with E-state index in [9.17, 15) is 9.59 Å². The van der Waals surface area contributed by atoms with Crippen LogP contribution in [0.15, 0.2) is 47.6 Å². The molecule has 27 heavy (non-hydrogen) atoms. The third kappa shape index (κ3) is 6.92. The molecule has 6 nitrogen and oxygen atoms in total. The predicted molar refractivity (Wildman–Crippen MR) is 108 cm³/mol. The molecule has 0 unspecified atom stereocenters. The summed E-state index contributed by atoms with van der Waals surface area (Å²) in [5.41, 5.74) is 4.13. The first kappa shape index (κ1) is 20.7. The van der Waals surface area contributed by atoms with Crippen LogP contribution in [0.4, 0.5) is 5.69 Å². The Morgan fingerprint density at radius 2 is 1.85 bits per heavy atom. The average molecular weight is 408 g/mol. The van der Waals surface area contributed by atoms with E-state index in [1.165, 1.54) is 0 Å². The summed E-state index contributed by atoms with van der Waals surface area (Å²) in [6.07, 6.45) is -0.0121. The Morgan fingerprint density at radius 1 is 1.11 bits per heavy atom. The van der Waals surface area contributed by atoms with Crippen molar-refractivity contribution in [2.75, 3.05) is 11.9 Å². The van der Waals surface area contributed by atoms with Gasteiger partial charge in [-0.15, -0.1) is 0 Å². The minimum Gasteiger partial charge on any atom is -0.483 e. The van der Waals surface area contributed by atoms with E-state index in [-0.39, 0.29) is 18.9 Å². The number of hydrogen-bond acceptors (Lipinski definition) is 4. The predicted octanol–water partition coefficient (Wildman–Crippen LogP) is 4.20. The van der Waals surface area contributed by atoms with Gasteiger partial charge in [-0.2, -0.15) is 5.10 Å². The number of halogens is 2. The summed E-state index contributed by atoms with van der Waals surface area (Å²) < 4.78 is 5.43. The summed E-state index contributed by atoms with van der Waals surface area (Å²) in [6.45, 7) is 3.34. The van der Waals surface area contributed by atoms with E-state index in [0.29, 0.717) is 27.2 Å². The summed E-state index contributed by atoms with van der Waals surface area (Å²) in [4.78, 5) is 23.9. The molecule has 2 aromatic rings. The van der Waals surface area contributed by atoms with E-state index in [1.807, 2.05) is 25.1 Å². The molecule has 8 heteroatoms. The Labute approximate surface area is 167 Å². The first-order valence-electron chi connectivity index (χ1n) is 8.10. The van der Waals surface area contributed by atoms with Gasteiger partial charge in [0.05, 0.1) is 17.1 Å². The Hall–Kier alpha value is -2.57. The quantitative estimate of drug-likeness (QED) is 0.532. The van der Waals surface area contributed by atoms with Crippen molar-refractivity contribution in [1.82, 2.24) is 5.43 Å². The van der Waals surface area contributed by atoms with Crippen molar-refractivity contribution in [2.24, 2.45) is 5.10 Å². The summed E-state index contributed by atoms with van der Waals surface area (Å²) in [5, 5.41) is 7.38. The molecule has 0 aliphatic rings. The fourth-order valence-electron chi connectivity index (χ4n) is 2.11. The second-order valence-corrected chi connectivity index (χ2v) is 6.63. The zero-order valence-electron chi connectivity index (χ0n) is 14.9. The van der Waals surface area contributed by atoms with E-state index < -0.39 is 5.91 Å². The number of nitrogens with zero attached hydrogens (tertiary/aromatic N) is 1. The van der Waals surface area contributed by atoms with E-state index in [2.05, 4.69) is 15.8 Å². The second-order valence-electron chi connectivity index (χ2n) is 5.79. The highest BCUT2D eigenvalue weighted by atomic mass is 35.5. The van der Waals surface area contributed by atoms with Crippen molar-refractivity contribution in [3.05, 3.63) is 58.1 Å². The molecule has 142 valence electrons. The van der Waals surface area contributed by atoms with Gasteiger partial charge in [0.2, 0.25) is 5.91 Å². The third-order valence-electron chi connectivity index (χ3n) is 3.44. The first-order chi connectivity index (χ1) is 12.8. The molecule has 0 bridgehead atoms. The topological polar surface area (TPSA) is 79.8 Å². The lowest BCUT2D eigenvalue weighted by Crippen LogP contribution is -2.26. The first-order valence-corrected chi connectivity index (χ1v) is 8.86. The zero-order valence-corrected chi connectivity index (χ0v) is 16.4. The number of para-hydroxylation sites is 1. The highest BCUT2D eigenvalue weighted by Crippen LogP contribution is 2.25. The van der Waals surface area contributed by atoms with E-state index in [4.69, 9.17) is 27.9 Å². The molecular weight excluding hydrogens is 389 g/mol. The largest absolute Gasteiger partial charge is 0.483 e. The van der Waals surface area contributed by atoms with Crippen LogP contribution in [-0.4, -0.2) is 24.1 Å². The molecule has 2 aromatic carbocycles. The monoisotopic (exact) mass is 407 g/mol. The minimum absolute atomic E-state index is 0.0121. The third-order valence-corrected chi connectivity index (χ3v) is 4.01. The molecule has 0 radical (unpaired) electrons. The molecule has 2 amide bonds. The number of anilines is 1. The van der Waals surface area contributed by atoms with Crippen LogP contribution in [-0.2, 0) is 9.59 Å². The lowest BCUT2D eigenvalue weighted by atomic mass is 10.2. The highest BCUT2D eigenvalue weighted by molar-refractivity contribution is 6.35. The Balaban J connectivity index is 1.81. The van der Waals surface area contributed by atoms with Gasteiger partial charge in [-0.05, 0) is 43.7 Å². The molecule has 0 heterocycles. The van der Waals surface area contributed by atoms with Gasteiger partial charge >= 0.3 is 0 Å². The van der Waals surface area contributed by atoms with Gasteiger partial charge < -0.3 is 10.1 Å². The van der Waals surface area contributed by atoms with E-state index in [1.54, 1.807) is 31.2 Å². The van der Waals surface area contributed by atoms with Crippen LogP contribution in [0.1, 0.15) is 18.9 Å². The molecule has 0 saturated carbocycles. The number of ether oxygens (including phenoxy) is 1. The standard InChI is InChI=1S/C19H19Cl2N3O3/c1-12-5-3-4-6-17(12)27-11-19(26)24-23-13(2)9-18(25)22-16-10-14(20)7-8-15(16)21/h3-8,10H,9,11H2,1-2H3,(H,22,25)(H,24,26)/b23-13-. The summed E-state index contributed by atoms with van der Waals surface area (Å²) in [5.74, 6) is -0.118. The maximum Gasteiger partial charge on any atom is 0.277 e. The maximum absolute atomic E-state index is 12.0. The van der Waals surface area contributed by atoms with Crippen molar-refractivity contribution >= 4 is 46.4 Å². The maximum atomic E-state index is 12.0. The number of carbonyl (C=O) groups is 2. The minimum atomic E-state index is -0.420. The van der Waals surface area contributed by atoms with Crippen LogP contribution in [0.25, 0.3) is 0 Å². The number of nitrogens with one attached hydrogen (secondary N) is 2. The van der Waals surface area contributed by atoms with Crippen molar-refractivity contribution in [3.8, 4) is 5.75 Å². The van der Waals surface area contributed by atoms with Crippen LogP contribution in [0.5, 0.6) is 5.75 Å². The number of aryl methyl sites for hydroxylation is 1. The van der Waals surface area contributed by atoms with Gasteiger partial charge in [0.25, 0.3) is 5.91 Å². The van der Waals surface area contributed by atoms with Crippen molar-refractivity contribution in [1.29, 1.82) is 0 Å². The van der Waals surface area contributed by atoms with Gasteiger partial charge in [0, 0.05) is 10.7 Å². The van der Waals surface area contributed by atoms with Crippen LogP contribution in [0.2, 0.25) is 10.0 Å².